The highest BCUT2D eigenvalue weighted by atomic mass is 32.1. The van der Waals surface area contributed by atoms with Crippen molar-refractivity contribution in [1.82, 2.24) is 5.32 Å². The summed E-state index contributed by atoms with van der Waals surface area (Å²) in [5.74, 6) is 0.471. The fourth-order valence-electron chi connectivity index (χ4n) is 2.62. The highest BCUT2D eigenvalue weighted by molar-refractivity contribution is 7.80. The lowest BCUT2D eigenvalue weighted by Crippen LogP contribution is -2.34. The Morgan fingerprint density at radius 3 is 2.11 bits per heavy atom. The Hall–Kier alpha value is -3.44. The molecular formula is C23H20N2O2S. The smallest absolute Gasteiger partial charge is 0.258 e. The zero-order valence-corrected chi connectivity index (χ0v) is 16.2. The lowest BCUT2D eigenvalue weighted by Gasteiger charge is -2.12. The minimum absolute atomic E-state index is 0.227. The number of anilines is 1. The minimum atomic E-state index is -0.277. The fraction of sp³-hybridized carbons (Fsp3) is 0.0435. The number of rotatable bonds is 5. The maximum absolute atomic E-state index is 12.9. The average Bonchev–Trinajstić information content (AvgIpc) is 2.74. The molecule has 5 heteroatoms. The van der Waals surface area contributed by atoms with Crippen LogP contribution in [0.3, 0.4) is 0 Å². The summed E-state index contributed by atoms with van der Waals surface area (Å²) in [7, 11) is 1.61. The van der Waals surface area contributed by atoms with Crippen LogP contribution in [-0.4, -0.2) is 18.1 Å². The van der Waals surface area contributed by atoms with Crippen LogP contribution in [0.25, 0.3) is 11.6 Å². The number of hydrogen-bond donors (Lipinski definition) is 2. The molecule has 2 N–H and O–H groups in total. The van der Waals surface area contributed by atoms with Gasteiger partial charge in [0.05, 0.1) is 7.11 Å². The number of hydrogen-bond acceptors (Lipinski definition) is 3. The molecule has 0 aromatic heterocycles. The van der Waals surface area contributed by atoms with Gasteiger partial charge in [0.1, 0.15) is 5.75 Å². The van der Waals surface area contributed by atoms with E-state index in [1.54, 1.807) is 7.11 Å². The molecule has 3 aromatic rings. The van der Waals surface area contributed by atoms with Gasteiger partial charge in [0, 0.05) is 11.3 Å². The van der Waals surface area contributed by atoms with Crippen molar-refractivity contribution >= 4 is 40.6 Å². The van der Waals surface area contributed by atoms with E-state index in [4.69, 9.17) is 17.0 Å². The number of nitrogens with one attached hydrogen (secondary N) is 2. The zero-order valence-electron chi connectivity index (χ0n) is 15.4. The SMILES string of the molecule is COc1ccc(NC(=S)NC(=O)C(=Cc2ccccc2)c2ccccc2)cc1. The summed E-state index contributed by atoms with van der Waals surface area (Å²) in [5, 5.41) is 6.00. The highest BCUT2D eigenvalue weighted by Gasteiger charge is 2.13. The first-order valence-corrected chi connectivity index (χ1v) is 9.15. The summed E-state index contributed by atoms with van der Waals surface area (Å²) in [4.78, 5) is 12.9. The normalized spacial score (nSPS) is 10.8. The van der Waals surface area contributed by atoms with Crippen LogP contribution in [0.4, 0.5) is 5.69 Å². The van der Waals surface area contributed by atoms with Crippen molar-refractivity contribution < 1.29 is 9.53 Å². The van der Waals surface area contributed by atoms with Gasteiger partial charge in [-0.3, -0.25) is 10.1 Å². The molecule has 0 atom stereocenters. The van der Waals surface area contributed by atoms with Gasteiger partial charge in [0.25, 0.3) is 5.91 Å². The average molecular weight is 388 g/mol. The van der Waals surface area contributed by atoms with Crippen molar-refractivity contribution in [3.8, 4) is 5.75 Å². The van der Waals surface area contributed by atoms with Gasteiger partial charge in [-0.1, -0.05) is 60.7 Å². The standard InChI is InChI=1S/C23H20N2O2S/c1-27-20-14-12-19(13-15-20)24-23(28)25-22(26)21(18-10-6-3-7-11-18)16-17-8-4-2-5-9-17/h2-16H,1H3,(H2,24,25,26,28). The van der Waals surface area contributed by atoms with E-state index in [1.165, 1.54) is 0 Å². The molecule has 0 fully saturated rings. The summed E-state index contributed by atoms with van der Waals surface area (Å²) in [6, 6.07) is 26.5. The molecule has 0 saturated carbocycles. The largest absolute Gasteiger partial charge is 0.497 e. The second-order valence-electron chi connectivity index (χ2n) is 5.97. The third kappa shape index (κ3) is 5.28. The Kier molecular flexibility index (Phi) is 6.54. The number of benzene rings is 3. The maximum Gasteiger partial charge on any atom is 0.258 e. The summed E-state index contributed by atoms with van der Waals surface area (Å²) < 4.78 is 5.14. The first-order chi connectivity index (χ1) is 13.7. The van der Waals surface area contributed by atoms with Crippen LogP contribution in [-0.2, 0) is 4.79 Å². The summed E-state index contributed by atoms with van der Waals surface area (Å²) >= 11 is 5.31. The second kappa shape index (κ2) is 9.48. The van der Waals surface area contributed by atoms with Crippen molar-refractivity contribution in [2.45, 2.75) is 0 Å². The molecule has 0 radical (unpaired) electrons. The molecule has 3 aromatic carbocycles. The van der Waals surface area contributed by atoms with Crippen LogP contribution in [0.2, 0.25) is 0 Å². The number of ether oxygens (including phenoxy) is 1. The monoisotopic (exact) mass is 388 g/mol. The molecule has 0 aliphatic carbocycles. The van der Waals surface area contributed by atoms with Crippen LogP contribution in [0, 0.1) is 0 Å². The minimum Gasteiger partial charge on any atom is -0.497 e. The molecule has 1 amide bonds. The highest BCUT2D eigenvalue weighted by Crippen LogP contribution is 2.19. The fourth-order valence-corrected chi connectivity index (χ4v) is 2.83. The Balaban J connectivity index is 1.77. The third-order valence-corrected chi connectivity index (χ3v) is 4.22. The molecule has 0 heterocycles. The quantitative estimate of drug-likeness (QED) is 0.376. The van der Waals surface area contributed by atoms with Gasteiger partial charge in [0.2, 0.25) is 0 Å². The van der Waals surface area contributed by atoms with Crippen molar-refractivity contribution in [1.29, 1.82) is 0 Å². The van der Waals surface area contributed by atoms with E-state index in [-0.39, 0.29) is 11.0 Å². The molecule has 0 aliphatic heterocycles. The predicted octanol–water partition coefficient (Wildman–Crippen LogP) is 4.75. The molecule has 140 valence electrons. The van der Waals surface area contributed by atoms with Crippen LogP contribution in [0.1, 0.15) is 11.1 Å². The summed E-state index contributed by atoms with van der Waals surface area (Å²) in [6.45, 7) is 0. The Morgan fingerprint density at radius 2 is 1.50 bits per heavy atom. The van der Waals surface area contributed by atoms with Crippen molar-refractivity contribution in [2.24, 2.45) is 0 Å². The van der Waals surface area contributed by atoms with Gasteiger partial charge in [-0.15, -0.1) is 0 Å². The lowest BCUT2D eigenvalue weighted by molar-refractivity contribution is -0.114. The van der Waals surface area contributed by atoms with Crippen molar-refractivity contribution in [3.05, 3.63) is 96.1 Å². The number of amides is 1. The van der Waals surface area contributed by atoms with E-state index in [2.05, 4.69) is 10.6 Å². The van der Waals surface area contributed by atoms with Crippen LogP contribution in [0.15, 0.2) is 84.9 Å². The van der Waals surface area contributed by atoms with Crippen LogP contribution in [0.5, 0.6) is 5.75 Å². The molecule has 28 heavy (non-hydrogen) atoms. The summed E-state index contributed by atoms with van der Waals surface area (Å²) in [5.41, 5.74) is 3.05. The first kappa shape index (κ1) is 19.3. The molecule has 4 nitrogen and oxygen atoms in total. The maximum atomic E-state index is 12.9. The Bertz CT molecular complexity index is 969. The molecule has 3 rings (SSSR count). The predicted molar refractivity (Wildman–Crippen MR) is 118 cm³/mol. The van der Waals surface area contributed by atoms with Gasteiger partial charge in [-0.25, -0.2) is 0 Å². The topological polar surface area (TPSA) is 50.4 Å². The Labute approximate surface area is 169 Å². The van der Waals surface area contributed by atoms with Gasteiger partial charge in [-0.05, 0) is 53.7 Å². The molecule has 0 aliphatic rings. The first-order valence-electron chi connectivity index (χ1n) is 8.74. The second-order valence-corrected chi connectivity index (χ2v) is 6.38. The van der Waals surface area contributed by atoms with Crippen molar-refractivity contribution in [3.63, 3.8) is 0 Å². The van der Waals surface area contributed by atoms with Gasteiger partial charge in [-0.2, -0.15) is 0 Å². The van der Waals surface area contributed by atoms with E-state index in [0.29, 0.717) is 5.57 Å². The van der Waals surface area contributed by atoms with E-state index in [9.17, 15) is 4.79 Å². The van der Waals surface area contributed by atoms with Crippen molar-refractivity contribution in [2.75, 3.05) is 12.4 Å². The van der Waals surface area contributed by atoms with Gasteiger partial charge < -0.3 is 10.1 Å². The Morgan fingerprint density at radius 1 is 0.893 bits per heavy atom. The lowest BCUT2D eigenvalue weighted by atomic mass is 10.0. The molecular weight excluding hydrogens is 368 g/mol. The van der Waals surface area contributed by atoms with Gasteiger partial charge >= 0.3 is 0 Å². The van der Waals surface area contributed by atoms with E-state index >= 15 is 0 Å². The van der Waals surface area contributed by atoms with Crippen LogP contribution >= 0.6 is 12.2 Å². The van der Waals surface area contributed by atoms with E-state index in [0.717, 1.165) is 22.6 Å². The summed E-state index contributed by atoms with van der Waals surface area (Å²) in [6.07, 6.45) is 1.85. The van der Waals surface area contributed by atoms with E-state index in [1.807, 2.05) is 91.0 Å². The molecule has 0 spiro atoms. The molecule has 0 bridgehead atoms. The van der Waals surface area contributed by atoms with Gasteiger partial charge in [0.15, 0.2) is 5.11 Å². The molecule has 0 unspecified atom stereocenters. The molecule has 0 saturated heterocycles. The number of methoxy groups -OCH3 is 1. The number of carbonyl (C=O) groups excluding carboxylic acids is 1. The van der Waals surface area contributed by atoms with E-state index < -0.39 is 0 Å². The zero-order chi connectivity index (χ0) is 19.8. The number of carbonyl (C=O) groups is 1. The van der Waals surface area contributed by atoms with Crippen LogP contribution < -0.4 is 15.4 Å². The number of thiocarbonyl (C=S) groups is 1. The third-order valence-electron chi connectivity index (χ3n) is 4.01.